The third kappa shape index (κ3) is 2.90. The van der Waals surface area contributed by atoms with Crippen molar-refractivity contribution < 1.29 is 13.5 Å². The normalized spacial score (nSPS) is 10.6. The highest BCUT2D eigenvalue weighted by Gasteiger charge is 2.09. The zero-order chi connectivity index (χ0) is 10.0. The fourth-order valence-corrected chi connectivity index (χ4v) is 1.31. The molecule has 0 fully saturated rings. The number of thiol groups is 1. The molecule has 0 amide bonds. The largest absolute Gasteiger partial charge is 0.435 e. The van der Waals surface area contributed by atoms with Crippen molar-refractivity contribution in [1.29, 1.82) is 0 Å². The van der Waals surface area contributed by atoms with Gasteiger partial charge in [0.1, 0.15) is 5.75 Å². The van der Waals surface area contributed by atoms with Crippen molar-refractivity contribution in [3.05, 3.63) is 22.2 Å². The minimum Gasteiger partial charge on any atom is -0.435 e. The van der Waals surface area contributed by atoms with Gasteiger partial charge in [0.2, 0.25) is 0 Å². The van der Waals surface area contributed by atoms with Crippen molar-refractivity contribution in [2.24, 2.45) is 0 Å². The van der Waals surface area contributed by atoms with Crippen LogP contribution in [0.15, 0.2) is 17.0 Å². The summed E-state index contributed by atoms with van der Waals surface area (Å²) in [6.07, 6.45) is 0. The van der Waals surface area contributed by atoms with Gasteiger partial charge in [0, 0.05) is 17.0 Å². The molecule has 1 aromatic rings. The van der Waals surface area contributed by atoms with Crippen LogP contribution < -0.4 is 4.74 Å². The SMILES string of the molecule is FC(F)Oc1cc(Cl)c(S)c(Cl)c1. The van der Waals surface area contributed by atoms with Gasteiger partial charge in [-0.05, 0) is 0 Å². The second kappa shape index (κ2) is 4.35. The molecule has 0 spiro atoms. The fourth-order valence-electron chi connectivity index (χ4n) is 0.713. The molecule has 6 heteroatoms. The van der Waals surface area contributed by atoms with Crippen molar-refractivity contribution >= 4 is 35.8 Å². The summed E-state index contributed by atoms with van der Waals surface area (Å²) in [6, 6.07) is 2.45. The van der Waals surface area contributed by atoms with Gasteiger partial charge in [-0.15, -0.1) is 12.6 Å². The number of rotatable bonds is 2. The van der Waals surface area contributed by atoms with E-state index in [2.05, 4.69) is 17.4 Å². The van der Waals surface area contributed by atoms with Crippen LogP contribution in [0, 0.1) is 0 Å². The van der Waals surface area contributed by atoms with Crippen LogP contribution in [-0.2, 0) is 0 Å². The van der Waals surface area contributed by atoms with E-state index in [-0.39, 0.29) is 15.8 Å². The second-order valence-electron chi connectivity index (χ2n) is 2.11. The highest BCUT2D eigenvalue weighted by molar-refractivity contribution is 7.80. The van der Waals surface area contributed by atoms with E-state index in [1.807, 2.05) is 0 Å². The smallest absolute Gasteiger partial charge is 0.387 e. The first-order valence-electron chi connectivity index (χ1n) is 3.13. The van der Waals surface area contributed by atoms with Crippen molar-refractivity contribution in [2.75, 3.05) is 0 Å². The van der Waals surface area contributed by atoms with Gasteiger partial charge in [0.25, 0.3) is 0 Å². The molecule has 0 bridgehead atoms. The molecular formula is C7H4Cl2F2OS. The van der Waals surface area contributed by atoms with Crippen molar-refractivity contribution in [3.63, 3.8) is 0 Å². The lowest BCUT2D eigenvalue weighted by atomic mass is 10.3. The molecule has 13 heavy (non-hydrogen) atoms. The number of halogens is 4. The van der Waals surface area contributed by atoms with Crippen molar-refractivity contribution in [1.82, 2.24) is 0 Å². The maximum atomic E-state index is 11.8. The summed E-state index contributed by atoms with van der Waals surface area (Å²) in [5, 5.41) is 0.345. The van der Waals surface area contributed by atoms with Gasteiger partial charge < -0.3 is 4.74 Å². The summed E-state index contributed by atoms with van der Waals surface area (Å²) in [6.45, 7) is -2.89. The molecule has 0 saturated carbocycles. The first kappa shape index (κ1) is 10.9. The van der Waals surface area contributed by atoms with E-state index in [1.165, 1.54) is 12.1 Å². The Hall–Kier alpha value is -0.190. The van der Waals surface area contributed by atoms with Gasteiger partial charge in [-0.3, -0.25) is 0 Å². The van der Waals surface area contributed by atoms with Crippen LogP contribution in [0.5, 0.6) is 5.75 Å². The number of hydrogen-bond acceptors (Lipinski definition) is 2. The van der Waals surface area contributed by atoms with Crippen LogP contribution in [0.25, 0.3) is 0 Å². The van der Waals surface area contributed by atoms with Crippen LogP contribution in [0.2, 0.25) is 10.0 Å². The Kier molecular flexibility index (Phi) is 3.64. The van der Waals surface area contributed by atoms with Gasteiger partial charge in [-0.2, -0.15) is 8.78 Å². The third-order valence-electron chi connectivity index (χ3n) is 1.22. The van der Waals surface area contributed by atoms with E-state index >= 15 is 0 Å². The monoisotopic (exact) mass is 244 g/mol. The lowest BCUT2D eigenvalue weighted by Gasteiger charge is -2.06. The molecule has 1 nitrogen and oxygen atoms in total. The van der Waals surface area contributed by atoms with E-state index in [0.717, 1.165) is 0 Å². The predicted octanol–water partition coefficient (Wildman–Crippen LogP) is 3.88. The zero-order valence-corrected chi connectivity index (χ0v) is 8.51. The first-order valence-corrected chi connectivity index (χ1v) is 4.34. The Morgan fingerprint density at radius 3 is 2.08 bits per heavy atom. The van der Waals surface area contributed by atoms with Crippen molar-refractivity contribution in [3.8, 4) is 5.75 Å². The zero-order valence-electron chi connectivity index (χ0n) is 6.10. The molecule has 0 aromatic heterocycles. The van der Waals surface area contributed by atoms with Crippen LogP contribution in [-0.4, -0.2) is 6.61 Å². The molecule has 0 aliphatic heterocycles. The van der Waals surface area contributed by atoms with Crippen LogP contribution >= 0.6 is 35.8 Å². The predicted molar refractivity (Wildman–Crippen MR) is 50.3 cm³/mol. The Labute approximate surface area is 89.0 Å². The van der Waals surface area contributed by atoms with Gasteiger partial charge in [0.15, 0.2) is 0 Å². The molecule has 0 saturated heterocycles. The quantitative estimate of drug-likeness (QED) is 0.778. The fraction of sp³-hybridized carbons (Fsp3) is 0.143. The molecule has 72 valence electrons. The van der Waals surface area contributed by atoms with Crippen LogP contribution in [0.3, 0.4) is 0 Å². The number of alkyl halides is 2. The van der Waals surface area contributed by atoms with Crippen molar-refractivity contribution in [2.45, 2.75) is 11.5 Å². The number of benzene rings is 1. The first-order chi connectivity index (χ1) is 6.00. The maximum absolute atomic E-state index is 11.8. The van der Waals surface area contributed by atoms with Gasteiger partial charge in [-0.25, -0.2) is 0 Å². The molecule has 0 atom stereocenters. The molecule has 1 rings (SSSR count). The van der Waals surface area contributed by atoms with E-state index < -0.39 is 6.61 Å². The van der Waals surface area contributed by atoms with E-state index in [1.54, 1.807) is 0 Å². The minimum atomic E-state index is -2.89. The number of ether oxygens (including phenoxy) is 1. The Morgan fingerprint density at radius 2 is 1.69 bits per heavy atom. The Balaban J connectivity index is 2.99. The lowest BCUT2D eigenvalue weighted by molar-refractivity contribution is -0.0498. The standard InChI is InChI=1S/C7H4Cl2F2OS/c8-4-1-3(12-7(10)11)2-5(9)6(4)13/h1-2,7,13H. The summed E-state index contributed by atoms with van der Waals surface area (Å²) < 4.78 is 27.6. The molecule has 0 unspecified atom stereocenters. The van der Waals surface area contributed by atoms with Gasteiger partial charge in [-0.1, -0.05) is 23.2 Å². The average molecular weight is 245 g/mol. The molecular weight excluding hydrogens is 241 g/mol. The molecule has 0 heterocycles. The van der Waals surface area contributed by atoms with Gasteiger partial charge in [0.05, 0.1) is 10.0 Å². The van der Waals surface area contributed by atoms with Gasteiger partial charge >= 0.3 is 6.61 Å². The van der Waals surface area contributed by atoms with E-state index in [4.69, 9.17) is 23.2 Å². The molecule has 0 aliphatic rings. The highest BCUT2D eigenvalue weighted by Crippen LogP contribution is 2.33. The third-order valence-corrected chi connectivity index (χ3v) is 2.56. The summed E-state index contributed by atoms with van der Waals surface area (Å²) in [5.74, 6) is -0.0807. The van der Waals surface area contributed by atoms with Crippen LogP contribution in [0.4, 0.5) is 8.78 Å². The van der Waals surface area contributed by atoms with E-state index in [0.29, 0.717) is 4.90 Å². The topological polar surface area (TPSA) is 9.23 Å². The molecule has 0 N–H and O–H groups in total. The average Bonchev–Trinajstić information content (AvgIpc) is 1.98. The lowest BCUT2D eigenvalue weighted by Crippen LogP contribution is -2.01. The minimum absolute atomic E-state index is 0.0807. The Bertz CT molecular complexity index is 296. The summed E-state index contributed by atoms with van der Waals surface area (Å²) in [7, 11) is 0. The molecule has 0 aliphatic carbocycles. The molecule has 0 radical (unpaired) electrons. The summed E-state index contributed by atoms with van der Waals surface area (Å²) >= 11 is 15.2. The Morgan fingerprint density at radius 1 is 1.23 bits per heavy atom. The van der Waals surface area contributed by atoms with Crippen LogP contribution in [0.1, 0.15) is 0 Å². The second-order valence-corrected chi connectivity index (χ2v) is 3.38. The highest BCUT2D eigenvalue weighted by atomic mass is 35.5. The molecule has 1 aromatic carbocycles. The summed E-state index contributed by atoms with van der Waals surface area (Å²) in [4.78, 5) is 0.338. The number of hydrogen-bond donors (Lipinski definition) is 1. The van der Waals surface area contributed by atoms with E-state index in [9.17, 15) is 8.78 Å². The summed E-state index contributed by atoms with van der Waals surface area (Å²) in [5.41, 5.74) is 0. The maximum Gasteiger partial charge on any atom is 0.387 e.